The van der Waals surface area contributed by atoms with Crippen LogP contribution in [-0.2, 0) is 9.59 Å². The molecule has 2 saturated heterocycles. The van der Waals surface area contributed by atoms with E-state index in [2.05, 4.69) is 11.8 Å². The molecular formula is C21H34Cl2N4O2. The van der Waals surface area contributed by atoms with Crippen LogP contribution in [0.4, 0.5) is 0 Å². The van der Waals surface area contributed by atoms with Crippen molar-refractivity contribution in [1.82, 2.24) is 14.7 Å². The smallest absolute Gasteiger partial charge is 0.244 e. The third kappa shape index (κ3) is 6.57. The Morgan fingerprint density at radius 2 is 1.66 bits per heavy atom. The van der Waals surface area contributed by atoms with Crippen molar-refractivity contribution in [3.8, 4) is 0 Å². The molecule has 2 heterocycles. The van der Waals surface area contributed by atoms with Crippen LogP contribution in [0.2, 0.25) is 0 Å². The number of likely N-dealkylation sites (tertiary alicyclic amines) is 1. The largest absolute Gasteiger partial charge is 0.339 e. The topological polar surface area (TPSA) is 69.9 Å². The van der Waals surface area contributed by atoms with E-state index in [1.165, 1.54) is 6.42 Å². The van der Waals surface area contributed by atoms with Gasteiger partial charge in [0.25, 0.3) is 0 Å². The molecule has 3 rings (SSSR count). The highest BCUT2D eigenvalue weighted by Crippen LogP contribution is 2.18. The maximum Gasteiger partial charge on any atom is 0.244 e. The Kier molecular flexibility index (Phi) is 10.4. The van der Waals surface area contributed by atoms with E-state index in [9.17, 15) is 9.59 Å². The molecule has 164 valence electrons. The van der Waals surface area contributed by atoms with Gasteiger partial charge in [0.1, 0.15) is 6.04 Å². The van der Waals surface area contributed by atoms with Crippen LogP contribution in [-0.4, -0.2) is 71.8 Å². The Morgan fingerprint density at radius 3 is 2.24 bits per heavy atom. The summed E-state index contributed by atoms with van der Waals surface area (Å²) in [5, 5.41) is 0. The number of nitrogens with zero attached hydrogens (tertiary/aromatic N) is 3. The fourth-order valence-corrected chi connectivity index (χ4v) is 3.99. The maximum absolute atomic E-state index is 12.7. The lowest BCUT2D eigenvalue weighted by molar-refractivity contribution is -0.137. The molecule has 0 aromatic heterocycles. The molecule has 6 nitrogen and oxygen atoms in total. The highest BCUT2D eigenvalue weighted by molar-refractivity contribution is 5.85. The van der Waals surface area contributed by atoms with Crippen LogP contribution in [0.15, 0.2) is 24.3 Å². The molecule has 2 atom stereocenters. The van der Waals surface area contributed by atoms with E-state index in [1.54, 1.807) is 0 Å². The van der Waals surface area contributed by atoms with E-state index in [-0.39, 0.29) is 36.6 Å². The molecule has 2 unspecified atom stereocenters. The van der Waals surface area contributed by atoms with Gasteiger partial charge in [-0.3, -0.25) is 14.5 Å². The number of amides is 2. The Hall–Kier alpha value is -1.34. The van der Waals surface area contributed by atoms with E-state index < -0.39 is 6.04 Å². The molecule has 0 saturated carbocycles. The highest BCUT2D eigenvalue weighted by atomic mass is 35.5. The zero-order chi connectivity index (χ0) is 19.4. The summed E-state index contributed by atoms with van der Waals surface area (Å²) >= 11 is 0. The molecule has 0 spiro atoms. The predicted molar refractivity (Wildman–Crippen MR) is 121 cm³/mol. The molecule has 0 bridgehead atoms. The zero-order valence-corrected chi connectivity index (χ0v) is 19.0. The lowest BCUT2D eigenvalue weighted by Gasteiger charge is -2.38. The SMILES string of the molecule is Cc1ccc(C(N)C(=O)N2CCN(CC(=O)N3CCCCC3C)CC2)cc1.Cl.Cl. The Balaban J connectivity index is 0.00000210. The summed E-state index contributed by atoms with van der Waals surface area (Å²) in [7, 11) is 0. The standard InChI is InChI=1S/C21H32N4O2.2ClH/c1-16-6-8-18(9-7-16)20(22)21(27)24-13-11-23(12-14-24)15-19(26)25-10-4-3-5-17(25)2;;/h6-9,17,20H,3-5,10-15,22H2,1-2H3;2*1H. The van der Waals surface area contributed by atoms with Gasteiger partial charge in [-0.2, -0.15) is 0 Å². The fourth-order valence-electron chi connectivity index (χ4n) is 3.99. The number of carbonyl (C=O) groups is 2. The summed E-state index contributed by atoms with van der Waals surface area (Å²) in [5.74, 6) is 0.188. The lowest BCUT2D eigenvalue weighted by atomic mass is 10.0. The highest BCUT2D eigenvalue weighted by Gasteiger charge is 2.29. The van der Waals surface area contributed by atoms with Crippen LogP contribution in [0.5, 0.6) is 0 Å². The van der Waals surface area contributed by atoms with Crippen molar-refractivity contribution >= 4 is 36.6 Å². The fraction of sp³-hybridized carbons (Fsp3) is 0.619. The third-order valence-electron chi connectivity index (χ3n) is 5.87. The van der Waals surface area contributed by atoms with Crippen LogP contribution in [0, 0.1) is 6.92 Å². The van der Waals surface area contributed by atoms with E-state index in [0.29, 0.717) is 25.7 Å². The number of nitrogens with two attached hydrogens (primary N) is 1. The van der Waals surface area contributed by atoms with Gasteiger partial charge in [0.15, 0.2) is 0 Å². The van der Waals surface area contributed by atoms with Gasteiger partial charge in [-0.05, 0) is 38.7 Å². The normalized spacial score (nSPS) is 21.0. The van der Waals surface area contributed by atoms with Crippen LogP contribution < -0.4 is 5.73 Å². The van der Waals surface area contributed by atoms with Gasteiger partial charge in [0.2, 0.25) is 11.8 Å². The van der Waals surface area contributed by atoms with E-state index in [0.717, 1.165) is 43.6 Å². The third-order valence-corrected chi connectivity index (χ3v) is 5.87. The van der Waals surface area contributed by atoms with Gasteiger partial charge in [0, 0.05) is 38.8 Å². The first-order chi connectivity index (χ1) is 13.0. The van der Waals surface area contributed by atoms with E-state index in [4.69, 9.17) is 5.73 Å². The van der Waals surface area contributed by atoms with Crippen molar-refractivity contribution in [3.63, 3.8) is 0 Å². The van der Waals surface area contributed by atoms with Gasteiger partial charge >= 0.3 is 0 Å². The molecule has 2 aliphatic rings. The number of carbonyl (C=O) groups excluding carboxylic acids is 2. The van der Waals surface area contributed by atoms with Gasteiger partial charge < -0.3 is 15.5 Å². The monoisotopic (exact) mass is 444 g/mol. The van der Waals surface area contributed by atoms with Crippen LogP contribution in [0.25, 0.3) is 0 Å². The van der Waals surface area contributed by atoms with Crippen LogP contribution in [0.1, 0.15) is 43.4 Å². The molecule has 1 aromatic carbocycles. The van der Waals surface area contributed by atoms with Gasteiger partial charge in [-0.25, -0.2) is 0 Å². The van der Waals surface area contributed by atoms with Crippen molar-refractivity contribution in [2.24, 2.45) is 5.73 Å². The second kappa shape index (κ2) is 11.7. The first kappa shape index (κ1) is 25.7. The Labute approximate surface area is 186 Å². The second-order valence-corrected chi connectivity index (χ2v) is 7.92. The average Bonchev–Trinajstić information content (AvgIpc) is 2.68. The van der Waals surface area contributed by atoms with Crippen molar-refractivity contribution in [2.45, 2.75) is 45.2 Å². The number of benzene rings is 1. The number of piperazine rings is 1. The van der Waals surface area contributed by atoms with Crippen molar-refractivity contribution in [3.05, 3.63) is 35.4 Å². The number of rotatable bonds is 4. The molecule has 0 radical (unpaired) electrons. The number of aryl methyl sites for hydroxylation is 1. The van der Waals surface area contributed by atoms with Crippen molar-refractivity contribution in [2.75, 3.05) is 39.3 Å². The number of halogens is 2. The zero-order valence-electron chi connectivity index (χ0n) is 17.4. The first-order valence-corrected chi connectivity index (χ1v) is 10.1. The summed E-state index contributed by atoms with van der Waals surface area (Å²) < 4.78 is 0. The minimum Gasteiger partial charge on any atom is -0.339 e. The van der Waals surface area contributed by atoms with Gasteiger partial charge in [0.05, 0.1) is 6.54 Å². The summed E-state index contributed by atoms with van der Waals surface area (Å²) in [6.45, 7) is 8.19. The molecule has 8 heteroatoms. The van der Waals surface area contributed by atoms with E-state index >= 15 is 0 Å². The minimum absolute atomic E-state index is 0. The summed E-state index contributed by atoms with van der Waals surface area (Å²) in [4.78, 5) is 31.3. The van der Waals surface area contributed by atoms with Crippen LogP contribution >= 0.6 is 24.8 Å². The molecule has 2 N–H and O–H groups in total. The first-order valence-electron chi connectivity index (χ1n) is 10.1. The Morgan fingerprint density at radius 1 is 1.03 bits per heavy atom. The summed E-state index contributed by atoms with van der Waals surface area (Å²) in [5.41, 5.74) is 8.18. The molecular weight excluding hydrogens is 411 g/mol. The number of hydrogen-bond donors (Lipinski definition) is 1. The van der Waals surface area contributed by atoms with Crippen molar-refractivity contribution in [1.29, 1.82) is 0 Å². The molecule has 0 aliphatic carbocycles. The molecule has 1 aromatic rings. The molecule has 2 aliphatic heterocycles. The van der Waals surface area contributed by atoms with Gasteiger partial charge in [-0.1, -0.05) is 29.8 Å². The molecule has 2 amide bonds. The quantitative estimate of drug-likeness (QED) is 0.773. The summed E-state index contributed by atoms with van der Waals surface area (Å²) in [6, 6.07) is 7.54. The van der Waals surface area contributed by atoms with E-state index in [1.807, 2.05) is 41.0 Å². The lowest BCUT2D eigenvalue weighted by Crippen LogP contribution is -2.54. The Bertz CT molecular complexity index is 663. The second-order valence-electron chi connectivity index (χ2n) is 7.92. The summed E-state index contributed by atoms with van der Waals surface area (Å²) in [6.07, 6.45) is 3.42. The molecule has 2 fully saturated rings. The average molecular weight is 445 g/mol. The van der Waals surface area contributed by atoms with Crippen LogP contribution in [0.3, 0.4) is 0 Å². The molecule has 29 heavy (non-hydrogen) atoms. The number of hydrogen-bond acceptors (Lipinski definition) is 4. The predicted octanol–water partition coefficient (Wildman–Crippen LogP) is 2.38. The van der Waals surface area contributed by atoms with Gasteiger partial charge in [-0.15, -0.1) is 24.8 Å². The number of piperidine rings is 1. The van der Waals surface area contributed by atoms with Crippen molar-refractivity contribution < 1.29 is 9.59 Å². The maximum atomic E-state index is 12.7. The minimum atomic E-state index is -0.618.